The van der Waals surface area contributed by atoms with Crippen LogP contribution < -0.4 is 27.2 Å². The molecule has 436 valence electrons. The van der Waals surface area contributed by atoms with Gasteiger partial charge < -0.3 is 27.9 Å². The lowest BCUT2D eigenvalue weighted by molar-refractivity contribution is 0.157. The van der Waals surface area contributed by atoms with Gasteiger partial charge in [-0.2, -0.15) is 9.97 Å². The van der Waals surface area contributed by atoms with E-state index in [1.54, 1.807) is 35.6 Å². The van der Waals surface area contributed by atoms with E-state index in [0.29, 0.717) is 22.6 Å². The lowest BCUT2D eigenvalue weighted by Crippen LogP contribution is -2.23. The molecule has 6 aromatic carbocycles. The summed E-state index contributed by atoms with van der Waals surface area (Å²) in [4.78, 5) is 87.4. The summed E-state index contributed by atoms with van der Waals surface area (Å²) in [5, 5.41) is 7.67. The van der Waals surface area contributed by atoms with Crippen molar-refractivity contribution in [2.24, 2.45) is 21.1 Å². The van der Waals surface area contributed by atoms with Crippen molar-refractivity contribution in [3.05, 3.63) is 231 Å². The minimum absolute atomic E-state index is 0. The second kappa shape index (κ2) is 25.6. The van der Waals surface area contributed by atoms with Crippen LogP contribution in [0.5, 0.6) is 0 Å². The smallest absolute Gasteiger partial charge is 0.414 e. The molecule has 0 spiro atoms. The van der Waals surface area contributed by atoms with Crippen LogP contribution in [0.1, 0.15) is 73.4 Å². The van der Waals surface area contributed by atoms with E-state index in [1.165, 1.54) is 56.8 Å². The maximum absolute atomic E-state index is 12.4. The van der Waals surface area contributed by atoms with E-state index < -0.39 is 29.5 Å². The lowest BCUT2D eigenvalue weighted by Gasteiger charge is -2.14. The molecule has 0 saturated heterocycles. The van der Waals surface area contributed by atoms with E-state index in [2.05, 4.69) is 124 Å². The first-order chi connectivity index (χ1) is 40.5. The van der Waals surface area contributed by atoms with Crippen LogP contribution in [0.15, 0.2) is 186 Å². The molecule has 4 N–H and O–H groups in total. The first-order valence-corrected chi connectivity index (χ1v) is 26.4. The molecule has 3 amide bonds. The molecule has 11 aromatic rings. The number of nitrogens with zero attached hydrogens (tertiary/aromatic N) is 9. The van der Waals surface area contributed by atoms with Crippen molar-refractivity contribution in [3.8, 4) is 33.4 Å². The average molecular weight is 1150 g/mol. The predicted molar refractivity (Wildman–Crippen MR) is 331 cm³/mol. The minimum Gasteiger partial charge on any atom is -0.448 e. The van der Waals surface area contributed by atoms with Gasteiger partial charge in [-0.25, -0.2) is 39.1 Å². The van der Waals surface area contributed by atoms with Crippen LogP contribution in [0.2, 0.25) is 0 Å². The van der Waals surface area contributed by atoms with Crippen LogP contribution in [-0.2, 0) is 35.4 Å². The number of ether oxygens (including phenoxy) is 3. The Morgan fingerprint density at radius 2 is 0.837 bits per heavy atom. The molecule has 0 radical (unpaired) electrons. The standard InChI is InChI=1S/C21H17N5O3.C21H17N5O2.C20H17N3O3.3CH4/c1-26-11-22-17-18(26)23-20(24-19(17)27)25-21(28)29-10-16-14-8-4-2-6-12(14)13-7-3-5-9-15(13)16;1-26-12-24-18-19(22-11-23-20(18)26)25-21(27)28-10-17-15-8-4-2-6-13(15)14-7-3-5-9-16(14)17;1-23-11-10-18(21-19(23)24)22-20(25)26-12-17-15-8-4-2-6-13(15)14-7-3-5-9-16(14)17;;;/h2-9,11,16H,10H2,1H3,(H2,23,24,25,27,28);2-9,11-12,17H,10H2,1H3,(H,22,23,25,27);2-11,17H,12H2,1H3,(H,21,22,24,25);3*1H4. The van der Waals surface area contributed by atoms with Gasteiger partial charge in [-0.1, -0.05) is 168 Å². The third-order valence-electron chi connectivity index (χ3n) is 14.7. The van der Waals surface area contributed by atoms with Crippen molar-refractivity contribution < 1.29 is 28.6 Å². The number of aromatic amines is 1. The highest BCUT2D eigenvalue weighted by Gasteiger charge is 2.32. The molecule has 5 heterocycles. The Balaban J connectivity index is 0.000000152. The Morgan fingerprint density at radius 3 is 1.27 bits per heavy atom. The molecule has 0 unspecified atom stereocenters. The van der Waals surface area contributed by atoms with Gasteiger partial charge in [0.25, 0.3) is 5.56 Å². The largest absolute Gasteiger partial charge is 0.448 e. The van der Waals surface area contributed by atoms with Gasteiger partial charge in [0.1, 0.15) is 32.0 Å². The number of aryl methyl sites for hydroxylation is 3. The first kappa shape index (κ1) is 59.5. The highest BCUT2D eigenvalue weighted by molar-refractivity contribution is 5.93. The van der Waals surface area contributed by atoms with Crippen molar-refractivity contribution in [2.75, 3.05) is 35.8 Å². The fourth-order valence-electron chi connectivity index (χ4n) is 10.8. The van der Waals surface area contributed by atoms with Gasteiger partial charge in [0.15, 0.2) is 28.1 Å². The number of benzene rings is 6. The van der Waals surface area contributed by atoms with Crippen molar-refractivity contribution in [2.45, 2.75) is 40.0 Å². The van der Waals surface area contributed by atoms with Crippen LogP contribution in [0.25, 0.3) is 55.7 Å². The van der Waals surface area contributed by atoms with Crippen LogP contribution in [0.3, 0.4) is 0 Å². The van der Waals surface area contributed by atoms with Gasteiger partial charge in [-0.3, -0.25) is 25.7 Å². The number of fused-ring (bicyclic) bond motifs is 11. The normalized spacial score (nSPS) is 12.1. The Bertz CT molecular complexity index is 4300. The van der Waals surface area contributed by atoms with E-state index in [9.17, 15) is 24.0 Å². The number of H-pyrrole nitrogens is 1. The SMILES string of the molecule is C.C.C.Cn1ccc(NC(=O)OCC2c3ccccc3-c3ccccc32)nc1=O.Cn1cnc2c(=O)[nH]c(NC(=O)OCC3c4ccccc4-c4ccccc43)nc21.Cn1cnc2c(NC(=O)OCC3c4ccccc4-c4ccccc43)ncnc21. The van der Waals surface area contributed by atoms with Crippen LogP contribution in [0, 0.1) is 0 Å². The Labute approximate surface area is 494 Å². The summed E-state index contributed by atoms with van der Waals surface area (Å²) in [6, 6.07) is 50.5. The van der Waals surface area contributed by atoms with Gasteiger partial charge >= 0.3 is 24.0 Å². The molecule has 0 atom stereocenters. The summed E-state index contributed by atoms with van der Waals surface area (Å²) < 4.78 is 21.1. The van der Waals surface area contributed by atoms with E-state index >= 15 is 0 Å². The van der Waals surface area contributed by atoms with Gasteiger partial charge in [0.2, 0.25) is 5.95 Å². The molecular formula is C65H63N13O8. The summed E-state index contributed by atoms with van der Waals surface area (Å²) in [6.07, 6.45) is 4.17. The zero-order chi connectivity index (χ0) is 57.1. The number of anilines is 3. The van der Waals surface area contributed by atoms with Crippen molar-refractivity contribution in [1.29, 1.82) is 0 Å². The molecule has 3 aliphatic rings. The maximum atomic E-state index is 12.4. The number of carbonyl (C=O) groups is 3. The number of rotatable bonds is 9. The van der Waals surface area contributed by atoms with Crippen molar-refractivity contribution in [1.82, 2.24) is 48.6 Å². The molecular weight excluding hydrogens is 1090 g/mol. The van der Waals surface area contributed by atoms with Crippen LogP contribution >= 0.6 is 0 Å². The highest BCUT2D eigenvalue weighted by Crippen LogP contribution is 2.47. The fourth-order valence-corrected chi connectivity index (χ4v) is 10.8. The lowest BCUT2D eigenvalue weighted by atomic mass is 9.98. The first-order valence-electron chi connectivity index (χ1n) is 26.4. The Kier molecular flexibility index (Phi) is 17.7. The van der Waals surface area contributed by atoms with Gasteiger partial charge in [0.05, 0.1) is 12.7 Å². The Hall–Kier alpha value is -11.1. The average Bonchev–Trinajstić information content (AvgIpc) is 2.16. The summed E-state index contributed by atoms with van der Waals surface area (Å²) in [7, 11) is 5.14. The fraction of sp³-hybridized carbons (Fsp3) is 0.185. The predicted octanol–water partition coefficient (Wildman–Crippen LogP) is 11.8. The number of hydrogen-bond acceptors (Lipinski definition) is 14. The number of hydrogen-bond donors (Lipinski definition) is 4. The van der Waals surface area contributed by atoms with Crippen LogP contribution in [-0.4, -0.2) is 86.7 Å². The maximum Gasteiger partial charge on any atom is 0.414 e. The molecule has 0 fully saturated rings. The number of aromatic nitrogens is 10. The number of nitrogens with one attached hydrogen (secondary N) is 4. The highest BCUT2D eigenvalue weighted by atomic mass is 16.6. The second-order valence-corrected chi connectivity index (χ2v) is 19.8. The molecule has 0 bridgehead atoms. The molecule has 0 aliphatic heterocycles. The van der Waals surface area contributed by atoms with Gasteiger partial charge in [0, 0.05) is 45.1 Å². The van der Waals surface area contributed by atoms with Gasteiger partial charge in [-0.15, -0.1) is 0 Å². The van der Waals surface area contributed by atoms with Gasteiger partial charge in [-0.05, 0) is 72.8 Å². The van der Waals surface area contributed by atoms with E-state index in [1.807, 2.05) is 79.8 Å². The van der Waals surface area contributed by atoms with E-state index in [4.69, 9.17) is 14.2 Å². The van der Waals surface area contributed by atoms with Crippen molar-refractivity contribution >= 4 is 58.2 Å². The molecule has 86 heavy (non-hydrogen) atoms. The van der Waals surface area contributed by atoms with Crippen molar-refractivity contribution in [3.63, 3.8) is 0 Å². The molecule has 5 aromatic heterocycles. The number of amides is 3. The molecule has 21 heteroatoms. The van der Waals surface area contributed by atoms with Crippen LogP contribution in [0.4, 0.5) is 32.0 Å². The van der Waals surface area contributed by atoms with E-state index in [0.717, 1.165) is 33.4 Å². The number of carbonyl (C=O) groups excluding carboxylic acids is 3. The summed E-state index contributed by atoms with van der Waals surface area (Å²) in [5.74, 6) is 0.486. The minimum atomic E-state index is -0.684. The molecule has 0 saturated carbocycles. The second-order valence-electron chi connectivity index (χ2n) is 19.8. The monoisotopic (exact) mass is 1150 g/mol. The zero-order valence-corrected chi connectivity index (χ0v) is 44.9. The van der Waals surface area contributed by atoms with E-state index in [-0.39, 0.29) is 77.1 Å². The summed E-state index contributed by atoms with van der Waals surface area (Å²) >= 11 is 0. The number of imidazole rings is 2. The molecule has 3 aliphatic carbocycles. The summed E-state index contributed by atoms with van der Waals surface area (Å²) in [5.41, 5.74) is 14.8. The third-order valence-corrected chi connectivity index (χ3v) is 14.7. The Morgan fingerprint density at radius 1 is 0.453 bits per heavy atom. The molecule has 21 nitrogen and oxygen atoms in total. The quantitative estimate of drug-likeness (QED) is 0.0981. The summed E-state index contributed by atoms with van der Waals surface area (Å²) in [6.45, 7) is 0.638. The zero-order valence-electron chi connectivity index (χ0n) is 44.9. The third kappa shape index (κ3) is 11.8. The topological polar surface area (TPSA) is 257 Å². The molecule has 14 rings (SSSR count).